The third-order valence-corrected chi connectivity index (χ3v) is 2.31. The highest BCUT2D eigenvalue weighted by Gasteiger charge is 2.08. The lowest BCUT2D eigenvalue weighted by Gasteiger charge is -1.93. The monoisotopic (exact) mass is 186 g/mol. The molecular weight excluding hydrogens is 176 g/mol. The molecule has 1 rings (SSSR count). The molecule has 0 N–H and O–H groups in total. The molecule has 0 amide bonds. The normalized spacial score (nSPS) is 9.83. The van der Waals surface area contributed by atoms with Gasteiger partial charge in [0.15, 0.2) is 5.78 Å². The van der Waals surface area contributed by atoms with Crippen molar-refractivity contribution in [2.45, 2.75) is 0 Å². The zero-order chi connectivity index (χ0) is 8.97. The van der Waals surface area contributed by atoms with Crippen molar-refractivity contribution in [3.63, 3.8) is 0 Å². The molecule has 3 nitrogen and oxygen atoms in total. The van der Waals surface area contributed by atoms with Gasteiger partial charge in [-0.05, 0) is 0 Å². The number of carbonyl (C=O) groups is 1. The minimum atomic E-state index is -0.00852. The molecule has 0 radical (unpaired) electrons. The molecule has 1 heterocycles. The first-order chi connectivity index (χ1) is 5.77. The van der Waals surface area contributed by atoms with E-state index >= 15 is 0 Å². The zero-order valence-corrected chi connectivity index (χ0v) is 7.81. The second-order valence-electron chi connectivity index (χ2n) is 2.21. The lowest BCUT2D eigenvalue weighted by molar-refractivity contribution is 0.0852. The fourth-order valence-corrected chi connectivity index (χ4v) is 1.56. The van der Waals surface area contributed by atoms with Crippen LogP contribution in [0.4, 0.5) is 0 Å². The van der Waals surface area contributed by atoms with Crippen LogP contribution < -0.4 is 4.74 Å². The maximum absolute atomic E-state index is 11.2. The van der Waals surface area contributed by atoms with Crippen LogP contribution in [0.15, 0.2) is 11.4 Å². The maximum atomic E-state index is 11.2. The van der Waals surface area contributed by atoms with Gasteiger partial charge in [-0.2, -0.15) is 0 Å². The van der Waals surface area contributed by atoms with Crippen molar-refractivity contribution in [1.82, 2.24) is 0 Å². The maximum Gasteiger partial charge on any atom is 0.198 e. The summed E-state index contributed by atoms with van der Waals surface area (Å²) in [4.78, 5) is 11.9. The van der Waals surface area contributed by atoms with Gasteiger partial charge in [-0.1, -0.05) is 0 Å². The zero-order valence-electron chi connectivity index (χ0n) is 6.99. The van der Waals surface area contributed by atoms with E-state index in [1.807, 2.05) is 0 Å². The molecular formula is C8H10O3S. The summed E-state index contributed by atoms with van der Waals surface area (Å²) in [6, 6.07) is 1.71. The van der Waals surface area contributed by atoms with E-state index in [1.165, 1.54) is 18.4 Å². The quantitative estimate of drug-likeness (QED) is 0.670. The predicted molar refractivity (Wildman–Crippen MR) is 47.1 cm³/mol. The van der Waals surface area contributed by atoms with Gasteiger partial charge in [0.05, 0.1) is 12.0 Å². The highest BCUT2D eigenvalue weighted by molar-refractivity contribution is 7.12. The average Bonchev–Trinajstić information content (AvgIpc) is 2.52. The van der Waals surface area contributed by atoms with Gasteiger partial charge in [0.1, 0.15) is 12.4 Å². The molecule has 0 saturated heterocycles. The Balaban J connectivity index is 2.68. The molecule has 0 aliphatic rings. The van der Waals surface area contributed by atoms with Crippen LogP contribution in [0, 0.1) is 0 Å². The van der Waals surface area contributed by atoms with E-state index in [4.69, 9.17) is 9.47 Å². The van der Waals surface area contributed by atoms with Crippen LogP contribution in [0.25, 0.3) is 0 Å². The van der Waals surface area contributed by atoms with Crippen LogP contribution in [0.1, 0.15) is 9.67 Å². The summed E-state index contributed by atoms with van der Waals surface area (Å²) >= 11 is 1.37. The average molecular weight is 186 g/mol. The second kappa shape index (κ2) is 4.23. The molecule has 0 fully saturated rings. The summed E-state index contributed by atoms with van der Waals surface area (Å²) in [5.41, 5.74) is 0. The molecule has 1 aromatic heterocycles. The van der Waals surface area contributed by atoms with Crippen LogP contribution in [0.5, 0.6) is 5.75 Å². The predicted octanol–water partition coefficient (Wildman–Crippen LogP) is 1.59. The van der Waals surface area contributed by atoms with Crippen molar-refractivity contribution < 1.29 is 14.3 Å². The number of rotatable bonds is 4. The van der Waals surface area contributed by atoms with Crippen LogP contribution >= 0.6 is 11.3 Å². The number of hydrogen-bond acceptors (Lipinski definition) is 4. The van der Waals surface area contributed by atoms with Gasteiger partial charge in [0.2, 0.25) is 0 Å². The van der Waals surface area contributed by atoms with Crippen molar-refractivity contribution in [1.29, 1.82) is 0 Å². The van der Waals surface area contributed by atoms with Gasteiger partial charge < -0.3 is 9.47 Å². The Labute approximate surface area is 74.9 Å². The van der Waals surface area contributed by atoms with E-state index in [1.54, 1.807) is 18.6 Å². The molecule has 4 heteroatoms. The highest BCUT2D eigenvalue weighted by atomic mass is 32.1. The van der Waals surface area contributed by atoms with Crippen LogP contribution in [-0.2, 0) is 4.74 Å². The Morgan fingerprint density at radius 2 is 2.33 bits per heavy atom. The van der Waals surface area contributed by atoms with Gasteiger partial charge in [-0.3, -0.25) is 4.79 Å². The summed E-state index contributed by atoms with van der Waals surface area (Å²) < 4.78 is 9.66. The van der Waals surface area contributed by atoms with Crippen molar-refractivity contribution in [3.8, 4) is 5.75 Å². The van der Waals surface area contributed by atoms with Gasteiger partial charge in [-0.25, -0.2) is 0 Å². The van der Waals surface area contributed by atoms with Crippen molar-refractivity contribution in [2.75, 3.05) is 20.8 Å². The van der Waals surface area contributed by atoms with Crippen molar-refractivity contribution in [3.05, 3.63) is 16.3 Å². The largest absolute Gasteiger partial charge is 0.496 e. The fraction of sp³-hybridized carbons (Fsp3) is 0.375. The third kappa shape index (κ3) is 2.06. The van der Waals surface area contributed by atoms with E-state index in [2.05, 4.69) is 0 Å². The first kappa shape index (κ1) is 9.22. The van der Waals surface area contributed by atoms with Gasteiger partial charge >= 0.3 is 0 Å². The molecule has 0 saturated carbocycles. The van der Waals surface area contributed by atoms with Crippen molar-refractivity contribution in [2.24, 2.45) is 0 Å². The number of thiophene rings is 1. The molecule has 0 aliphatic carbocycles. The van der Waals surface area contributed by atoms with Crippen LogP contribution in [0.3, 0.4) is 0 Å². The molecule has 12 heavy (non-hydrogen) atoms. The fourth-order valence-electron chi connectivity index (χ4n) is 0.774. The van der Waals surface area contributed by atoms with E-state index in [-0.39, 0.29) is 12.4 Å². The van der Waals surface area contributed by atoms with E-state index in [0.29, 0.717) is 4.88 Å². The van der Waals surface area contributed by atoms with E-state index in [9.17, 15) is 4.79 Å². The smallest absolute Gasteiger partial charge is 0.198 e. The number of ether oxygens (including phenoxy) is 2. The Hall–Kier alpha value is -0.870. The Morgan fingerprint density at radius 1 is 1.58 bits per heavy atom. The van der Waals surface area contributed by atoms with E-state index < -0.39 is 0 Å². The summed E-state index contributed by atoms with van der Waals surface area (Å²) in [5, 5.41) is 1.79. The van der Waals surface area contributed by atoms with Crippen molar-refractivity contribution >= 4 is 17.1 Å². The second-order valence-corrected chi connectivity index (χ2v) is 3.12. The molecule has 0 spiro atoms. The molecule has 0 bridgehead atoms. The lowest BCUT2D eigenvalue weighted by Crippen LogP contribution is -2.04. The third-order valence-electron chi connectivity index (χ3n) is 1.36. The van der Waals surface area contributed by atoms with E-state index in [0.717, 1.165) is 5.75 Å². The molecule has 0 aromatic carbocycles. The molecule has 0 atom stereocenters. The minimum Gasteiger partial charge on any atom is -0.496 e. The summed E-state index contributed by atoms with van der Waals surface area (Å²) in [5.74, 6) is 0.713. The SMILES string of the molecule is COCC(=O)c1cc(OC)cs1. The Morgan fingerprint density at radius 3 is 2.83 bits per heavy atom. The van der Waals surface area contributed by atoms with Gasteiger partial charge in [0.25, 0.3) is 0 Å². The standard InChI is InChI=1S/C8H10O3S/c1-10-4-7(9)8-3-6(11-2)5-12-8/h3,5H,4H2,1-2H3. The summed E-state index contributed by atoms with van der Waals surface area (Å²) in [6.07, 6.45) is 0. The molecule has 66 valence electrons. The van der Waals surface area contributed by atoms with Gasteiger partial charge in [-0.15, -0.1) is 11.3 Å². The molecule has 0 aliphatic heterocycles. The number of ketones is 1. The van der Waals surface area contributed by atoms with Crippen LogP contribution in [0.2, 0.25) is 0 Å². The Bertz CT molecular complexity index is 267. The lowest BCUT2D eigenvalue weighted by atomic mass is 10.3. The first-order valence-corrected chi connectivity index (χ1v) is 4.30. The highest BCUT2D eigenvalue weighted by Crippen LogP contribution is 2.21. The molecule has 1 aromatic rings. The number of carbonyl (C=O) groups excluding carboxylic acids is 1. The molecule has 0 unspecified atom stereocenters. The summed E-state index contributed by atoms with van der Waals surface area (Å²) in [7, 11) is 3.08. The topological polar surface area (TPSA) is 35.5 Å². The Kier molecular flexibility index (Phi) is 3.25. The van der Waals surface area contributed by atoms with Gasteiger partial charge in [0, 0.05) is 18.6 Å². The minimum absolute atomic E-state index is 0.00852. The number of Topliss-reactive ketones (excluding diaryl/α,β-unsaturated/α-hetero) is 1. The summed E-state index contributed by atoms with van der Waals surface area (Å²) in [6.45, 7) is 0.129. The van der Waals surface area contributed by atoms with Crippen LogP contribution in [-0.4, -0.2) is 26.6 Å². The number of methoxy groups -OCH3 is 2. The first-order valence-electron chi connectivity index (χ1n) is 3.42. The number of hydrogen-bond donors (Lipinski definition) is 0.